The van der Waals surface area contributed by atoms with Crippen LogP contribution in [0.15, 0.2) is 0 Å². The standard InChI is InChI=1S/C15H26N4O2/c16-15(6-2-1-3-7-15)13(20)18-9-4-12(5-10-18)19-11-8-17-14(19)21/h12H,1-11,16H2,(H,17,21). The molecule has 0 aromatic rings. The fourth-order valence-corrected chi connectivity index (χ4v) is 3.93. The van der Waals surface area contributed by atoms with E-state index in [2.05, 4.69) is 5.32 Å². The molecule has 3 amide bonds. The van der Waals surface area contributed by atoms with E-state index in [1.54, 1.807) is 0 Å². The van der Waals surface area contributed by atoms with Crippen LogP contribution in [0.1, 0.15) is 44.9 Å². The molecule has 1 saturated carbocycles. The van der Waals surface area contributed by atoms with Crippen molar-refractivity contribution in [2.75, 3.05) is 26.2 Å². The van der Waals surface area contributed by atoms with Crippen molar-refractivity contribution in [3.05, 3.63) is 0 Å². The van der Waals surface area contributed by atoms with E-state index >= 15 is 0 Å². The number of amides is 3. The van der Waals surface area contributed by atoms with Crippen LogP contribution in [-0.4, -0.2) is 59.5 Å². The second-order valence-electron chi connectivity index (χ2n) is 6.67. The third kappa shape index (κ3) is 2.86. The Kier molecular flexibility index (Phi) is 4.06. The van der Waals surface area contributed by atoms with Crippen LogP contribution >= 0.6 is 0 Å². The Balaban J connectivity index is 1.55. The molecule has 3 rings (SSSR count). The first-order valence-corrected chi connectivity index (χ1v) is 8.23. The van der Waals surface area contributed by atoms with Gasteiger partial charge in [0.2, 0.25) is 5.91 Å². The Bertz CT molecular complexity index is 412. The third-order valence-corrected chi connectivity index (χ3v) is 5.25. The highest BCUT2D eigenvalue weighted by Crippen LogP contribution is 2.29. The van der Waals surface area contributed by atoms with Gasteiger partial charge < -0.3 is 20.9 Å². The van der Waals surface area contributed by atoms with E-state index in [1.165, 1.54) is 6.42 Å². The van der Waals surface area contributed by atoms with Gasteiger partial charge in [-0.25, -0.2) is 4.79 Å². The highest BCUT2D eigenvalue weighted by Gasteiger charge is 2.40. The van der Waals surface area contributed by atoms with E-state index in [-0.39, 0.29) is 18.0 Å². The van der Waals surface area contributed by atoms with Crippen LogP contribution in [0, 0.1) is 0 Å². The van der Waals surface area contributed by atoms with Gasteiger partial charge in [-0.3, -0.25) is 4.79 Å². The molecule has 3 aliphatic rings. The van der Waals surface area contributed by atoms with Gasteiger partial charge in [0.1, 0.15) is 0 Å². The zero-order chi connectivity index (χ0) is 14.9. The molecule has 2 aliphatic heterocycles. The number of piperidine rings is 1. The summed E-state index contributed by atoms with van der Waals surface area (Å²) in [6.07, 6.45) is 6.70. The fraction of sp³-hybridized carbons (Fsp3) is 0.867. The second-order valence-corrected chi connectivity index (χ2v) is 6.67. The van der Waals surface area contributed by atoms with E-state index in [1.807, 2.05) is 9.80 Å². The molecule has 6 nitrogen and oxygen atoms in total. The topological polar surface area (TPSA) is 78.7 Å². The van der Waals surface area contributed by atoms with Crippen molar-refractivity contribution in [2.45, 2.75) is 56.5 Å². The predicted molar refractivity (Wildman–Crippen MR) is 79.7 cm³/mol. The summed E-state index contributed by atoms with van der Waals surface area (Å²) in [6.45, 7) is 2.99. The van der Waals surface area contributed by atoms with Crippen molar-refractivity contribution < 1.29 is 9.59 Å². The molecule has 6 heteroatoms. The maximum Gasteiger partial charge on any atom is 0.317 e. The number of nitrogens with zero attached hydrogens (tertiary/aromatic N) is 2. The molecule has 0 aromatic carbocycles. The van der Waals surface area contributed by atoms with Crippen molar-refractivity contribution >= 4 is 11.9 Å². The Morgan fingerprint density at radius 1 is 1.14 bits per heavy atom. The van der Waals surface area contributed by atoms with Crippen molar-refractivity contribution in [3.63, 3.8) is 0 Å². The number of hydrogen-bond acceptors (Lipinski definition) is 3. The molecule has 2 saturated heterocycles. The van der Waals surface area contributed by atoms with Crippen LogP contribution in [0.5, 0.6) is 0 Å². The van der Waals surface area contributed by atoms with Crippen molar-refractivity contribution in [2.24, 2.45) is 5.73 Å². The van der Waals surface area contributed by atoms with Crippen LogP contribution in [0.2, 0.25) is 0 Å². The van der Waals surface area contributed by atoms with Crippen molar-refractivity contribution in [1.29, 1.82) is 0 Å². The Morgan fingerprint density at radius 3 is 2.38 bits per heavy atom. The minimum absolute atomic E-state index is 0.0438. The first-order chi connectivity index (χ1) is 10.1. The quantitative estimate of drug-likeness (QED) is 0.785. The lowest BCUT2D eigenvalue weighted by molar-refractivity contribution is -0.139. The number of likely N-dealkylation sites (tertiary alicyclic amines) is 1. The Hall–Kier alpha value is -1.30. The van der Waals surface area contributed by atoms with Gasteiger partial charge in [0, 0.05) is 32.2 Å². The Labute approximate surface area is 126 Å². The highest BCUT2D eigenvalue weighted by molar-refractivity contribution is 5.86. The molecule has 1 aliphatic carbocycles. The third-order valence-electron chi connectivity index (χ3n) is 5.25. The zero-order valence-electron chi connectivity index (χ0n) is 12.6. The van der Waals surface area contributed by atoms with E-state index in [9.17, 15) is 9.59 Å². The number of carbonyl (C=O) groups is 2. The van der Waals surface area contributed by atoms with Crippen molar-refractivity contribution in [3.8, 4) is 0 Å². The lowest BCUT2D eigenvalue weighted by Crippen LogP contribution is -2.58. The van der Waals surface area contributed by atoms with E-state index < -0.39 is 5.54 Å². The largest absolute Gasteiger partial charge is 0.341 e. The van der Waals surface area contributed by atoms with Gasteiger partial charge in [0.25, 0.3) is 0 Å². The number of urea groups is 1. The predicted octanol–water partition coefficient (Wildman–Crippen LogP) is 0.664. The molecule has 0 radical (unpaired) electrons. The second kappa shape index (κ2) is 5.83. The zero-order valence-corrected chi connectivity index (χ0v) is 12.6. The maximum atomic E-state index is 12.7. The number of rotatable bonds is 2. The molecule has 118 valence electrons. The number of carbonyl (C=O) groups excluding carboxylic acids is 2. The number of nitrogens with one attached hydrogen (secondary N) is 1. The molecule has 0 atom stereocenters. The van der Waals surface area contributed by atoms with Crippen molar-refractivity contribution in [1.82, 2.24) is 15.1 Å². The highest BCUT2D eigenvalue weighted by atomic mass is 16.2. The average molecular weight is 294 g/mol. The van der Waals surface area contributed by atoms with Gasteiger partial charge in [-0.15, -0.1) is 0 Å². The summed E-state index contributed by atoms with van der Waals surface area (Å²) in [6, 6.07) is 0.319. The SMILES string of the molecule is NC1(C(=O)N2CCC(N3CCNC3=O)CC2)CCCCC1. The van der Waals surface area contributed by atoms with Gasteiger partial charge in [0.15, 0.2) is 0 Å². The van der Waals surface area contributed by atoms with E-state index in [4.69, 9.17) is 5.73 Å². The molecule has 0 unspecified atom stereocenters. The van der Waals surface area contributed by atoms with E-state index in [0.717, 1.165) is 64.7 Å². The normalized spacial score (nSPS) is 26.8. The molecular formula is C15H26N4O2. The fourth-order valence-electron chi connectivity index (χ4n) is 3.93. The maximum absolute atomic E-state index is 12.7. The first kappa shape index (κ1) is 14.6. The van der Waals surface area contributed by atoms with Gasteiger partial charge in [-0.2, -0.15) is 0 Å². The minimum atomic E-state index is -0.629. The summed E-state index contributed by atoms with van der Waals surface area (Å²) in [5, 5.41) is 2.85. The van der Waals surface area contributed by atoms with Crippen LogP contribution < -0.4 is 11.1 Å². The average Bonchev–Trinajstić information content (AvgIpc) is 2.93. The number of nitrogens with two attached hydrogens (primary N) is 1. The van der Waals surface area contributed by atoms with Gasteiger partial charge in [-0.1, -0.05) is 19.3 Å². The molecule has 2 heterocycles. The van der Waals surface area contributed by atoms with Crippen LogP contribution in [-0.2, 0) is 4.79 Å². The number of hydrogen-bond donors (Lipinski definition) is 2. The van der Waals surface area contributed by atoms with Crippen LogP contribution in [0.25, 0.3) is 0 Å². The molecule has 3 fully saturated rings. The summed E-state index contributed by atoms with van der Waals surface area (Å²) in [5.74, 6) is 0.131. The lowest BCUT2D eigenvalue weighted by Gasteiger charge is -2.41. The molecule has 21 heavy (non-hydrogen) atoms. The molecular weight excluding hydrogens is 268 g/mol. The summed E-state index contributed by atoms with van der Waals surface area (Å²) in [7, 11) is 0. The molecule has 0 spiro atoms. The van der Waals surface area contributed by atoms with Crippen LogP contribution in [0.4, 0.5) is 4.79 Å². The first-order valence-electron chi connectivity index (χ1n) is 8.23. The smallest absolute Gasteiger partial charge is 0.317 e. The monoisotopic (exact) mass is 294 g/mol. The van der Waals surface area contributed by atoms with Gasteiger partial charge in [-0.05, 0) is 25.7 Å². The lowest BCUT2D eigenvalue weighted by atomic mass is 9.81. The summed E-state index contributed by atoms with van der Waals surface area (Å²) >= 11 is 0. The molecule has 3 N–H and O–H groups in total. The minimum Gasteiger partial charge on any atom is -0.341 e. The van der Waals surface area contributed by atoms with E-state index in [0.29, 0.717) is 0 Å². The van der Waals surface area contributed by atoms with Crippen LogP contribution in [0.3, 0.4) is 0 Å². The summed E-state index contributed by atoms with van der Waals surface area (Å²) in [5.41, 5.74) is 5.72. The Morgan fingerprint density at radius 2 is 1.81 bits per heavy atom. The van der Waals surface area contributed by atoms with Gasteiger partial charge >= 0.3 is 6.03 Å². The van der Waals surface area contributed by atoms with Gasteiger partial charge in [0.05, 0.1) is 5.54 Å². The summed E-state index contributed by atoms with van der Waals surface area (Å²) < 4.78 is 0. The summed E-state index contributed by atoms with van der Waals surface area (Å²) in [4.78, 5) is 28.2. The molecule has 0 bridgehead atoms. The molecule has 0 aromatic heterocycles.